The minimum Gasteiger partial charge on any atom is -0.444 e. The monoisotopic (exact) mass is 295 g/mol. The highest BCUT2D eigenvalue weighted by atomic mass is 16.5. The highest BCUT2D eigenvalue weighted by molar-refractivity contribution is 5.77. The van der Waals surface area contributed by atoms with Crippen LogP contribution in [0.4, 0.5) is 0 Å². The molecule has 1 fully saturated rings. The van der Waals surface area contributed by atoms with Crippen LogP contribution in [0.2, 0.25) is 0 Å². The van der Waals surface area contributed by atoms with Crippen molar-refractivity contribution in [1.29, 1.82) is 0 Å². The van der Waals surface area contributed by atoms with Gasteiger partial charge < -0.3 is 20.2 Å². The van der Waals surface area contributed by atoms with E-state index in [2.05, 4.69) is 20.2 Å². The molecule has 0 unspecified atom stereocenters. The van der Waals surface area contributed by atoms with E-state index in [9.17, 15) is 0 Å². The third-order valence-electron chi connectivity index (χ3n) is 3.52. The van der Waals surface area contributed by atoms with E-state index in [4.69, 9.17) is 14.9 Å². The lowest BCUT2D eigenvalue weighted by Crippen LogP contribution is -2.39. The fraction of sp³-hybridized carbons (Fsp3) is 0.714. The molecule has 7 heteroatoms. The van der Waals surface area contributed by atoms with E-state index < -0.39 is 0 Å². The van der Waals surface area contributed by atoms with E-state index in [1.807, 2.05) is 13.8 Å². The van der Waals surface area contributed by atoms with E-state index in [1.165, 1.54) is 0 Å². The van der Waals surface area contributed by atoms with Crippen LogP contribution in [0.25, 0.3) is 0 Å². The quantitative estimate of drug-likeness (QED) is 0.449. The number of guanidine groups is 1. The number of nitrogens with two attached hydrogens (primary N) is 1. The Morgan fingerprint density at radius 1 is 1.38 bits per heavy atom. The second-order valence-electron chi connectivity index (χ2n) is 5.19. The van der Waals surface area contributed by atoms with Crippen LogP contribution in [0.15, 0.2) is 9.41 Å². The van der Waals surface area contributed by atoms with Gasteiger partial charge in [-0.2, -0.15) is 0 Å². The van der Waals surface area contributed by atoms with Gasteiger partial charge in [-0.1, -0.05) is 0 Å². The number of aryl methyl sites for hydroxylation is 2. The lowest BCUT2D eigenvalue weighted by Gasteiger charge is -2.26. The highest BCUT2D eigenvalue weighted by Gasteiger charge is 2.09. The predicted molar refractivity (Wildman–Crippen MR) is 81.2 cm³/mol. The van der Waals surface area contributed by atoms with Crippen LogP contribution in [-0.4, -0.2) is 55.2 Å². The molecule has 1 aromatic rings. The number of ether oxygens (including phenoxy) is 1. The minimum atomic E-state index is 0.372. The number of aliphatic imine (C=N–C) groups is 1. The fourth-order valence-electron chi connectivity index (χ4n) is 2.16. The van der Waals surface area contributed by atoms with Crippen molar-refractivity contribution < 1.29 is 9.15 Å². The van der Waals surface area contributed by atoms with Gasteiger partial charge in [-0.3, -0.25) is 4.90 Å². The van der Waals surface area contributed by atoms with Crippen LogP contribution in [0.5, 0.6) is 0 Å². The Kier molecular flexibility index (Phi) is 6.01. The lowest BCUT2D eigenvalue weighted by molar-refractivity contribution is 0.0376. The number of hydrogen-bond donors (Lipinski definition) is 2. The molecule has 118 valence electrons. The van der Waals surface area contributed by atoms with Crippen LogP contribution in [0.3, 0.4) is 0 Å². The summed E-state index contributed by atoms with van der Waals surface area (Å²) in [6.45, 7) is 9.77. The molecule has 0 amide bonds. The zero-order valence-electron chi connectivity index (χ0n) is 12.9. The van der Waals surface area contributed by atoms with Gasteiger partial charge in [0.05, 0.1) is 18.9 Å². The van der Waals surface area contributed by atoms with Crippen molar-refractivity contribution in [3.8, 4) is 0 Å². The van der Waals surface area contributed by atoms with Crippen LogP contribution in [0, 0.1) is 13.8 Å². The summed E-state index contributed by atoms with van der Waals surface area (Å²) in [5, 5.41) is 3.11. The molecule has 3 N–H and O–H groups in total. The molecule has 1 aliphatic heterocycles. The Morgan fingerprint density at radius 2 is 2.14 bits per heavy atom. The average molecular weight is 295 g/mol. The van der Waals surface area contributed by atoms with E-state index in [1.54, 1.807) is 0 Å². The van der Waals surface area contributed by atoms with Gasteiger partial charge in [0.2, 0.25) is 5.89 Å². The van der Waals surface area contributed by atoms with E-state index in [0.717, 1.165) is 57.3 Å². The number of nitrogens with one attached hydrogen (secondary N) is 1. The number of nitrogens with zero attached hydrogens (tertiary/aromatic N) is 3. The van der Waals surface area contributed by atoms with Crippen LogP contribution < -0.4 is 11.1 Å². The normalized spacial score (nSPS) is 17.1. The van der Waals surface area contributed by atoms with Crippen molar-refractivity contribution >= 4 is 5.96 Å². The van der Waals surface area contributed by atoms with Crippen LogP contribution in [0.1, 0.15) is 23.8 Å². The summed E-state index contributed by atoms with van der Waals surface area (Å²) in [6, 6.07) is 0. The second-order valence-corrected chi connectivity index (χ2v) is 5.19. The molecule has 0 atom stereocenters. The van der Waals surface area contributed by atoms with Crippen LogP contribution in [-0.2, 0) is 11.3 Å². The highest BCUT2D eigenvalue weighted by Crippen LogP contribution is 2.08. The van der Waals surface area contributed by atoms with E-state index in [-0.39, 0.29) is 0 Å². The molecule has 0 spiro atoms. The van der Waals surface area contributed by atoms with Gasteiger partial charge in [-0.05, 0) is 26.8 Å². The third-order valence-corrected chi connectivity index (χ3v) is 3.52. The van der Waals surface area contributed by atoms with Crippen molar-refractivity contribution in [2.45, 2.75) is 26.8 Å². The van der Waals surface area contributed by atoms with E-state index in [0.29, 0.717) is 18.4 Å². The Balaban J connectivity index is 1.62. The molecular formula is C14H25N5O2. The van der Waals surface area contributed by atoms with Gasteiger partial charge in [-0.25, -0.2) is 9.98 Å². The molecule has 1 aromatic heterocycles. The SMILES string of the molecule is Cc1nc(CN=C(N)NCCCN2CCOCC2)oc1C. The van der Waals surface area contributed by atoms with Crippen molar-refractivity contribution in [2.75, 3.05) is 39.4 Å². The molecule has 1 aliphatic rings. The summed E-state index contributed by atoms with van der Waals surface area (Å²) in [5.41, 5.74) is 6.72. The molecule has 0 aromatic carbocycles. The maximum atomic E-state index is 5.82. The first-order valence-electron chi connectivity index (χ1n) is 7.42. The second kappa shape index (κ2) is 7.99. The standard InChI is InChI=1S/C14H25N5O2/c1-11-12(2)21-13(18-11)10-17-14(15)16-4-3-5-19-6-8-20-9-7-19/h3-10H2,1-2H3,(H3,15,16,17). The van der Waals surface area contributed by atoms with Gasteiger partial charge in [0.1, 0.15) is 12.3 Å². The smallest absolute Gasteiger partial charge is 0.216 e. The number of hydrogen-bond acceptors (Lipinski definition) is 5. The summed E-state index contributed by atoms with van der Waals surface area (Å²) in [6.07, 6.45) is 1.04. The molecule has 2 heterocycles. The van der Waals surface area contributed by atoms with Crippen LogP contribution >= 0.6 is 0 Å². The zero-order valence-corrected chi connectivity index (χ0v) is 12.9. The van der Waals surface area contributed by atoms with Crippen molar-refractivity contribution in [1.82, 2.24) is 15.2 Å². The Bertz CT molecular complexity index is 446. The third kappa shape index (κ3) is 5.35. The number of aromatic nitrogens is 1. The van der Waals surface area contributed by atoms with Crippen molar-refractivity contribution in [3.63, 3.8) is 0 Å². The minimum absolute atomic E-state index is 0.372. The number of morpholine rings is 1. The van der Waals surface area contributed by atoms with Gasteiger partial charge in [-0.15, -0.1) is 0 Å². The van der Waals surface area contributed by atoms with Crippen molar-refractivity contribution in [3.05, 3.63) is 17.3 Å². The topological polar surface area (TPSA) is 88.9 Å². The summed E-state index contributed by atoms with van der Waals surface area (Å²) < 4.78 is 10.8. The summed E-state index contributed by atoms with van der Waals surface area (Å²) in [5.74, 6) is 1.87. The molecule has 7 nitrogen and oxygen atoms in total. The maximum Gasteiger partial charge on any atom is 0.216 e. The Hall–Kier alpha value is -1.60. The Morgan fingerprint density at radius 3 is 2.81 bits per heavy atom. The number of rotatable bonds is 6. The van der Waals surface area contributed by atoms with Crippen molar-refractivity contribution in [2.24, 2.45) is 10.7 Å². The average Bonchev–Trinajstić information content (AvgIpc) is 2.81. The predicted octanol–water partition coefficient (Wildman–Crippen LogP) is 0.418. The lowest BCUT2D eigenvalue weighted by atomic mass is 10.3. The molecule has 1 saturated heterocycles. The van der Waals surface area contributed by atoms with Gasteiger partial charge in [0.15, 0.2) is 5.96 Å². The zero-order chi connectivity index (χ0) is 15.1. The first-order chi connectivity index (χ1) is 10.1. The Labute approximate surface area is 125 Å². The summed E-state index contributed by atoms with van der Waals surface area (Å²) in [4.78, 5) is 10.9. The molecular weight excluding hydrogens is 270 g/mol. The molecule has 2 rings (SSSR count). The summed E-state index contributed by atoms with van der Waals surface area (Å²) >= 11 is 0. The van der Waals surface area contributed by atoms with E-state index >= 15 is 0 Å². The molecule has 0 radical (unpaired) electrons. The fourth-order valence-corrected chi connectivity index (χ4v) is 2.16. The van der Waals surface area contributed by atoms with Gasteiger partial charge in [0.25, 0.3) is 0 Å². The first-order valence-corrected chi connectivity index (χ1v) is 7.42. The van der Waals surface area contributed by atoms with Gasteiger partial charge >= 0.3 is 0 Å². The van der Waals surface area contributed by atoms with Gasteiger partial charge in [0, 0.05) is 19.6 Å². The molecule has 0 bridgehead atoms. The molecule has 21 heavy (non-hydrogen) atoms. The molecule has 0 saturated carbocycles. The molecule has 0 aliphatic carbocycles. The largest absolute Gasteiger partial charge is 0.444 e. The number of oxazole rings is 1. The first kappa shape index (κ1) is 15.8. The maximum absolute atomic E-state index is 5.82. The summed E-state index contributed by atoms with van der Waals surface area (Å²) in [7, 11) is 0.